The number of rotatable bonds is 4. The van der Waals surface area contributed by atoms with Crippen LogP contribution < -0.4 is 5.73 Å². The third-order valence-electron chi connectivity index (χ3n) is 3.56. The Bertz CT molecular complexity index is 379. The highest BCUT2D eigenvalue weighted by Gasteiger charge is 2.21. The molecule has 0 bridgehead atoms. The average molecular weight is 264 g/mol. The first-order valence-corrected chi connectivity index (χ1v) is 7.89. The van der Waals surface area contributed by atoms with Crippen molar-refractivity contribution < 1.29 is 0 Å². The van der Waals surface area contributed by atoms with E-state index in [1.807, 2.05) is 24.0 Å². The molecule has 0 spiro atoms. The minimum absolute atomic E-state index is 0.207. The molecular formula is C15H24N2S. The van der Waals surface area contributed by atoms with E-state index in [1.54, 1.807) is 0 Å². The fraction of sp³-hybridized carbons (Fsp3) is 0.667. The van der Waals surface area contributed by atoms with Gasteiger partial charge < -0.3 is 5.73 Å². The first-order chi connectivity index (χ1) is 8.65. The van der Waals surface area contributed by atoms with Crippen molar-refractivity contribution >= 4 is 11.8 Å². The van der Waals surface area contributed by atoms with E-state index in [2.05, 4.69) is 24.9 Å². The standard InChI is InChI=1S/C15H24N2S/c1-11-5-3-7-14(9-11)18-15-13(10-12(2)16)6-4-8-17-15/h4,6,8,11-12,14H,3,5,7,9-10,16H2,1-2H3. The smallest absolute Gasteiger partial charge is 0.0995 e. The molecule has 1 fully saturated rings. The molecule has 2 nitrogen and oxygen atoms in total. The molecule has 2 N–H and O–H groups in total. The van der Waals surface area contributed by atoms with E-state index in [1.165, 1.54) is 36.3 Å². The van der Waals surface area contributed by atoms with E-state index in [9.17, 15) is 0 Å². The molecule has 0 aromatic carbocycles. The maximum absolute atomic E-state index is 5.91. The second-order valence-corrected chi connectivity index (χ2v) is 6.95. The van der Waals surface area contributed by atoms with Crippen molar-refractivity contribution in [3.63, 3.8) is 0 Å². The highest BCUT2D eigenvalue weighted by molar-refractivity contribution is 7.99. The van der Waals surface area contributed by atoms with E-state index in [0.717, 1.165) is 17.6 Å². The van der Waals surface area contributed by atoms with Crippen LogP contribution in [0.1, 0.15) is 45.1 Å². The molecule has 0 radical (unpaired) electrons. The Labute approximate surface area is 115 Å². The first kappa shape index (κ1) is 13.9. The van der Waals surface area contributed by atoms with Crippen LogP contribution >= 0.6 is 11.8 Å². The zero-order valence-corrected chi connectivity index (χ0v) is 12.2. The maximum Gasteiger partial charge on any atom is 0.0995 e. The third-order valence-corrected chi connectivity index (χ3v) is 4.91. The van der Waals surface area contributed by atoms with E-state index in [0.29, 0.717) is 0 Å². The zero-order valence-electron chi connectivity index (χ0n) is 11.4. The van der Waals surface area contributed by atoms with Crippen LogP contribution in [0.5, 0.6) is 0 Å². The van der Waals surface area contributed by atoms with Crippen molar-refractivity contribution in [1.29, 1.82) is 0 Å². The van der Waals surface area contributed by atoms with Crippen molar-refractivity contribution in [2.75, 3.05) is 0 Å². The van der Waals surface area contributed by atoms with Gasteiger partial charge in [0.15, 0.2) is 0 Å². The van der Waals surface area contributed by atoms with E-state index < -0.39 is 0 Å². The van der Waals surface area contributed by atoms with Crippen molar-refractivity contribution in [2.45, 2.75) is 62.3 Å². The number of hydrogen-bond acceptors (Lipinski definition) is 3. The molecule has 3 atom stereocenters. The van der Waals surface area contributed by atoms with Gasteiger partial charge in [0, 0.05) is 17.5 Å². The Morgan fingerprint density at radius 1 is 1.50 bits per heavy atom. The summed E-state index contributed by atoms with van der Waals surface area (Å²) < 4.78 is 0. The van der Waals surface area contributed by atoms with Crippen molar-refractivity contribution in [3.8, 4) is 0 Å². The van der Waals surface area contributed by atoms with Crippen LogP contribution in [-0.4, -0.2) is 16.3 Å². The lowest BCUT2D eigenvalue weighted by molar-refractivity contribution is 0.394. The second-order valence-electron chi connectivity index (χ2n) is 5.66. The lowest BCUT2D eigenvalue weighted by atomic mass is 9.91. The van der Waals surface area contributed by atoms with Gasteiger partial charge >= 0.3 is 0 Å². The molecule has 100 valence electrons. The minimum Gasteiger partial charge on any atom is -0.328 e. The Morgan fingerprint density at radius 2 is 2.33 bits per heavy atom. The number of hydrogen-bond donors (Lipinski definition) is 1. The second kappa shape index (κ2) is 6.58. The van der Waals surface area contributed by atoms with Crippen LogP contribution in [0.3, 0.4) is 0 Å². The molecule has 1 aromatic rings. The van der Waals surface area contributed by atoms with Crippen LogP contribution in [-0.2, 0) is 6.42 Å². The highest BCUT2D eigenvalue weighted by Crippen LogP contribution is 2.36. The number of thioether (sulfide) groups is 1. The van der Waals surface area contributed by atoms with E-state index in [4.69, 9.17) is 5.73 Å². The summed E-state index contributed by atoms with van der Waals surface area (Å²) in [6.45, 7) is 4.43. The Balaban J connectivity index is 2.03. The fourth-order valence-corrected chi connectivity index (χ4v) is 4.13. The monoisotopic (exact) mass is 264 g/mol. The fourth-order valence-electron chi connectivity index (χ4n) is 2.68. The predicted octanol–water partition coefficient (Wildman–Crippen LogP) is 3.64. The zero-order chi connectivity index (χ0) is 13.0. The first-order valence-electron chi connectivity index (χ1n) is 7.01. The maximum atomic E-state index is 5.91. The van der Waals surface area contributed by atoms with Gasteiger partial charge in [0.05, 0.1) is 5.03 Å². The number of nitrogens with two attached hydrogens (primary N) is 1. The van der Waals surface area contributed by atoms with Crippen LogP contribution in [0.4, 0.5) is 0 Å². The van der Waals surface area contributed by atoms with E-state index >= 15 is 0 Å². The van der Waals surface area contributed by atoms with Gasteiger partial charge in [-0.15, -0.1) is 11.8 Å². The molecule has 18 heavy (non-hydrogen) atoms. The van der Waals surface area contributed by atoms with Gasteiger partial charge in [0.2, 0.25) is 0 Å². The van der Waals surface area contributed by atoms with Crippen molar-refractivity contribution in [2.24, 2.45) is 11.7 Å². The van der Waals surface area contributed by atoms with Crippen LogP contribution in [0.25, 0.3) is 0 Å². The Hall–Kier alpha value is -0.540. The molecule has 1 aliphatic carbocycles. The average Bonchev–Trinajstić information content (AvgIpc) is 2.31. The van der Waals surface area contributed by atoms with Crippen molar-refractivity contribution in [3.05, 3.63) is 23.9 Å². The van der Waals surface area contributed by atoms with Gasteiger partial charge in [-0.25, -0.2) is 4.98 Å². The topological polar surface area (TPSA) is 38.9 Å². The van der Waals surface area contributed by atoms with Gasteiger partial charge in [0.25, 0.3) is 0 Å². The molecule has 2 rings (SSSR count). The Kier molecular flexibility index (Phi) is 5.07. The van der Waals surface area contributed by atoms with Crippen molar-refractivity contribution in [1.82, 2.24) is 4.98 Å². The van der Waals surface area contributed by atoms with Gasteiger partial charge in [-0.05, 0) is 43.7 Å². The molecule has 3 heteroatoms. The van der Waals surface area contributed by atoms with Gasteiger partial charge in [-0.1, -0.05) is 25.8 Å². The lowest BCUT2D eigenvalue weighted by Gasteiger charge is -2.26. The molecule has 1 aliphatic rings. The third kappa shape index (κ3) is 3.99. The van der Waals surface area contributed by atoms with Gasteiger partial charge in [0.1, 0.15) is 0 Å². The number of nitrogens with zero attached hydrogens (tertiary/aromatic N) is 1. The molecule has 1 aromatic heterocycles. The molecule has 1 heterocycles. The highest BCUT2D eigenvalue weighted by atomic mass is 32.2. The summed E-state index contributed by atoms with van der Waals surface area (Å²) in [6, 6.07) is 4.40. The molecule has 0 amide bonds. The van der Waals surface area contributed by atoms with Crippen LogP contribution in [0.2, 0.25) is 0 Å². The summed E-state index contributed by atoms with van der Waals surface area (Å²) in [4.78, 5) is 4.56. The molecule has 0 aliphatic heterocycles. The minimum atomic E-state index is 0.207. The summed E-state index contributed by atoms with van der Waals surface area (Å²) in [5.41, 5.74) is 7.23. The van der Waals surface area contributed by atoms with E-state index in [-0.39, 0.29) is 6.04 Å². The SMILES string of the molecule is CC(N)Cc1cccnc1SC1CCCC(C)C1. The summed E-state index contributed by atoms with van der Waals surface area (Å²) in [5.74, 6) is 0.872. The summed E-state index contributed by atoms with van der Waals surface area (Å²) in [5, 5.41) is 1.95. The predicted molar refractivity (Wildman–Crippen MR) is 78.9 cm³/mol. The van der Waals surface area contributed by atoms with Crippen LogP contribution in [0.15, 0.2) is 23.4 Å². The normalized spacial score (nSPS) is 25.9. The number of pyridine rings is 1. The van der Waals surface area contributed by atoms with Gasteiger partial charge in [-0.2, -0.15) is 0 Å². The molecule has 1 saturated carbocycles. The molecule has 3 unspecified atom stereocenters. The molecular weight excluding hydrogens is 240 g/mol. The Morgan fingerprint density at radius 3 is 3.06 bits per heavy atom. The largest absolute Gasteiger partial charge is 0.328 e. The molecule has 0 saturated heterocycles. The number of aromatic nitrogens is 1. The quantitative estimate of drug-likeness (QED) is 0.902. The lowest BCUT2D eigenvalue weighted by Crippen LogP contribution is -2.19. The van der Waals surface area contributed by atoms with Crippen LogP contribution in [0, 0.1) is 5.92 Å². The summed E-state index contributed by atoms with van der Waals surface area (Å²) >= 11 is 1.97. The summed E-state index contributed by atoms with van der Waals surface area (Å²) in [7, 11) is 0. The summed E-state index contributed by atoms with van der Waals surface area (Å²) in [6.07, 6.45) is 8.26. The van der Waals surface area contributed by atoms with Gasteiger partial charge in [-0.3, -0.25) is 0 Å².